The van der Waals surface area contributed by atoms with Gasteiger partial charge in [-0.15, -0.1) is 0 Å². The summed E-state index contributed by atoms with van der Waals surface area (Å²) in [7, 11) is 1.67. The number of aromatic nitrogens is 1. The monoisotopic (exact) mass is 270 g/mol. The van der Waals surface area contributed by atoms with Crippen LogP contribution in [-0.2, 0) is 6.54 Å². The van der Waals surface area contributed by atoms with Crippen LogP contribution in [0.5, 0.6) is 0 Å². The molecule has 1 N–H and O–H groups in total. The van der Waals surface area contributed by atoms with E-state index < -0.39 is 0 Å². The van der Waals surface area contributed by atoms with E-state index in [0.29, 0.717) is 17.9 Å². The third kappa shape index (κ3) is 3.25. The third-order valence-electron chi connectivity index (χ3n) is 2.63. The lowest BCUT2D eigenvalue weighted by Gasteiger charge is -2.15. The highest BCUT2D eigenvalue weighted by molar-refractivity contribution is 5.94. The second kappa shape index (κ2) is 6.55. The van der Waals surface area contributed by atoms with Crippen molar-refractivity contribution in [2.24, 2.45) is 0 Å². The molecular formula is C15H14N2O3. The molecule has 0 aliphatic heterocycles. The summed E-state index contributed by atoms with van der Waals surface area (Å²) >= 11 is 0. The number of nitrogens with zero attached hydrogens (tertiary/aromatic N) is 2. The highest BCUT2D eigenvalue weighted by Crippen LogP contribution is 2.10. The number of pyridine rings is 1. The van der Waals surface area contributed by atoms with Crippen molar-refractivity contribution < 1.29 is 14.3 Å². The van der Waals surface area contributed by atoms with Gasteiger partial charge in [0.05, 0.1) is 18.4 Å². The quantitative estimate of drug-likeness (QED) is 0.853. The minimum absolute atomic E-state index is 0.246. The van der Waals surface area contributed by atoms with Gasteiger partial charge in [-0.2, -0.15) is 0 Å². The van der Waals surface area contributed by atoms with E-state index in [4.69, 9.17) is 9.52 Å². The van der Waals surface area contributed by atoms with E-state index >= 15 is 0 Å². The molecule has 0 radical (unpaired) electrons. The van der Waals surface area contributed by atoms with Gasteiger partial charge in [-0.25, -0.2) is 4.98 Å². The maximum Gasteiger partial charge on any atom is 0.273 e. The smallest absolute Gasteiger partial charge is 0.273 e. The second-order valence-electron chi connectivity index (χ2n) is 4.10. The SMILES string of the molecule is CN(Cc1ccco1)C(=O)c1ncccc1C#CCO. The van der Waals surface area contributed by atoms with Crippen LogP contribution in [0, 0.1) is 11.8 Å². The number of aliphatic hydroxyl groups excluding tert-OH is 1. The van der Waals surface area contributed by atoms with Gasteiger partial charge in [0.15, 0.2) is 0 Å². The van der Waals surface area contributed by atoms with E-state index in [0.717, 1.165) is 0 Å². The first-order valence-corrected chi connectivity index (χ1v) is 6.05. The maximum atomic E-state index is 12.3. The first-order valence-electron chi connectivity index (χ1n) is 6.05. The Morgan fingerprint density at radius 1 is 1.45 bits per heavy atom. The molecule has 0 aliphatic rings. The molecule has 0 unspecified atom stereocenters. The Morgan fingerprint density at radius 3 is 3.00 bits per heavy atom. The van der Waals surface area contributed by atoms with Gasteiger partial charge in [0.2, 0.25) is 0 Å². The van der Waals surface area contributed by atoms with Gasteiger partial charge in [-0.05, 0) is 24.3 Å². The summed E-state index contributed by atoms with van der Waals surface area (Å²) in [6.45, 7) is 0.0973. The molecule has 0 aromatic carbocycles. The van der Waals surface area contributed by atoms with Gasteiger partial charge in [-0.1, -0.05) is 11.8 Å². The van der Waals surface area contributed by atoms with Gasteiger partial charge in [-0.3, -0.25) is 4.79 Å². The van der Waals surface area contributed by atoms with Crippen LogP contribution in [0.3, 0.4) is 0 Å². The Morgan fingerprint density at radius 2 is 2.30 bits per heavy atom. The molecule has 2 aromatic heterocycles. The van der Waals surface area contributed by atoms with E-state index in [1.165, 1.54) is 11.1 Å². The summed E-state index contributed by atoms with van der Waals surface area (Å²) in [6.07, 6.45) is 3.10. The molecule has 0 aliphatic carbocycles. The van der Waals surface area contributed by atoms with E-state index in [1.54, 1.807) is 37.6 Å². The Kier molecular flexibility index (Phi) is 4.53. The second-order valence-corrected chi connectivity index (χ2v) is 4.10. The number of hydrogen-bond donors (Lipinski definition) is 1. The topological polar surface area (TPSA) is 66.6 Å². The van der Waals surface area contributed by atoms with Crippen LogP contribution in [-0.4, -0.2) is 34.6 Å². The average Bonchev–Trinajstić information content (AvgIpc) is 2.97. The highest BCUT2D eigenvalue weighted by atomic mass is 16.3. The van der Waals surface area contributed by atoms with Crippen LogP contribution >= 0.6 is 0 Å². The average molecular weight is 270 g/mol. The lowest BCUT2D eigenvalue weighted by molar-refractivity contribution is 0.0769. The molecule has 2 aromatic rings. The van der Waals surface area contributed by atoms with E-state index in [1.807, 2.05) is 0 Å². The minimum Gasteiger partial charge on any atom is -0.467 e. The van der Waals surface area contributed by atoms with E-state index in [9.17, 15) is 4.79 Å². The molecule has 102 valence electrons. The molecule has 2 rings (SSSR count). The Balaban J connectivity index is 2.20. The molecule has 2 heterocycles. The summed E-state index contributed by atoms with van der Waals surface area (Å²) < 4.78 is 5.21. The normalized spacial score (nSPS) is 9.70. The van der Waals surface area contributed by atoms with Gasteiger partial charge in [0, 0.05) is 13.2 Å². The lowest BCUT2D eigenvalue weighted by Crippen LogP contribution is -2.27. The van der Waals surface area contributed by atoms with Crippen LogP contribution in [0.15, 0.2) is 41.1 Å². The van der Waals surface area contributed by atoms with Crippen LogP contribution in [0.4, 0.5) is 0 Å². The highest BCUT2D eigenvalue weighted by Gasteiger charge is 2.17. The third-order valence-corrected chi connectivity index (χ3v) is 2.63. The van der Waals surface area contributed by atoms with Crippen molar-refractivity contribution in [3.8, 4) is 11.8 Å². The van der Waals surface area contributed by atoms with Crippen LogP contribution < -0.4 is 0 Å². The minimum atomic E-state index is -0.259. The Labute approximate surface area is 116 Å². The van der Waals surface area contributed by atoms with Crippen molar-refractivity contribution in [1.29, 1.82) is 0 Å². The van der Waals surface area contributed by atoms with Gasteiger partial charge >= 0.3 is 0 Å². The maximum absolute atomic E-state index is 12.3. The molecule has 0 fully saturated rings. The zero-order valence-corrected chi connectivity index (χ0v) is 11.0. The molecule has 5 heteroatoms. The molecular weight excluding hydrogens is 256 g/mol. The summed E-state index contributed by atoms with van der Waals surface area (Å²) in [5.41, 5.74) is 0.764. The number of rotatable bonds is 3. The Hall–Kier alpha value is -2.58. The molecule has 0 bridgehead atoms. The summed E-state index contributed by atoms with van der Waals surface area (Å²) in [5.74, 6) is 5.69. The first-order chi connectivity index (χ1) is 9.72. The summed E-state index contributed by atoms with van der Waals surface area (Å²) in [6, 6.07) is 6.97. The largest absolute Gasteiger partial charge is 0.467 e. The Bertz CT molecular complexity index is 639. The first kappa shape index (κ1) is 13.8. The fraction of sp³-hybridized carbons (Fsp3) is 0.200. The van der Waals surface area contributed by atoms with Crippen LogP contribution in [0.2, 0.25) is 0 Å². The van der Waals surface area contributed by atoms with E-state index in [-0.39, 0.29) is 18.2 Å². The lowest BCUT2D eigenvalue weighted by atomic mass is 10.1. The summed E-state index contributed by atoms with van der Waals surface area (Å²) in [5, 5.41) is 8.74. The fourth-order valence-corrected chi connectivity index (χ4v) is 1.70. The molecule has 0 saturated heterocycles. The zero-order valence-electron chi connectivity index (χ0n) is 11.0. The van der Waals surface area contributed by atoms with Crippen molar-refractivity contribution in [3.05, 3.63) is 53.7 Å². The standard InChI is InChI=1S/C15H14N2O3/c1-17(11-13-7-4-10-20-13)15(19)14-12(6-3-9-18)5-2-8-16-14/h2,4-5,7-8,10,18H,9,11H2,1H3. The van der Waals surface area contributed by atoms with Crippen molar-refractivity contribution in [1.82, 2.24) is 9.88 Å². The number of hydrogen-bond acceptors (Lipinski definition) is 4. The molecule has 5 nitrogen and oxygen atoms in total. The molecule has 0 spiro atoms. The van der Waals surface area contributed by atoms with Gasteiger partial charge in [0.25, 0.3) is 5.91 Å². The number of furan rings is 1. The van der Waals surface area contributed by atoms with Crippen molar-refractivity contribution in [3.63, 3.8) is 0 Å². The van der Waals surface area contributed by atoms with Crippen molar-refractivity contribution in [2.45, 2.75) is 6.54 Å². The number of carbonyl (C=O) groups excluding carboxylic acids is 1. The van der Waals surface area contributed by atoms with Crippen molar-refractivity contribution in [2.75, 3.05) is 13.7 Å². The number of amides is 1. The van der Waals surface area contributed by atoms with Gasteiger partial charge < -0.3 is 14.4 Å². The summed E-state index contributed by atoms with van der Waals surface area (Å²) in [4.78, 5) is 17.9. The van der Waals surface area contributed by atoms with Crippen LogP contribution in [0.25, 0.3) is 0 Å². The predicted octanol–water partition coefficient (Wildman–Crippen LogP) is 1.29. The zero-order chi connectivity index (χ0) is 14.4. The number of carbonyl (C=O) groups is 1. The molecule has 0 saturated carbocycles. The molecule has 0 atom stereocenters. The fourth-order valence-electron chi connectivity index (χ4n) is 1.70. The number of aliphatic hydroxyl groups is 1. The van der Waals surface area contributed by atoms with Gasteiger partial charge in [0.1, 0.15) is 18.1 Å². The van der Waals surface area contributed by atoms with Crippen LogP contribution in [0.1, 0.15) is 21.8 Å². The van der Waals surface area contributed by atoms with Crippen molar-refractivity contribution >= 4 is 5.91 Å². The molecule has 20 heavy (non-hydrogen) atoms. The van der Waals surface area contributed by atoms with E-state index in [2.05, 4.69) is 16.8 Å². The molecule has 1 amide bonds. The predicted molar refractivity (Wildman–Crippen MR) is 72.7 cm³/mol.